The standard InChI is InChI=1S/C21H30N4O3/c1-3-4-5-12-22-21(26)17-10-13-25(14-11-17)15-19-23-20(24-28-19)16-6-8-18(27-2)9-7-16/h6-9,17H,3-5,10-15H2,1-2H3,(H,22,26). The Morgan fingerprint density at radius 2 is 2.00 bits per heavy atom. The molecule has 1 fully saturated rings. The topological polar surface area (TPSA) is 80.5 Å². The molecule has 1 N–H and O–H groups in total. The van der Waals surface area contributed by atoms with Gasteiger partial charge in [-0.1, -0.05) is 24.9 Å². The van der Waals surface area contributed by atoms with Crippen molar-refractivity contribution in [3.63, 3.8) is 0 Å². The lowest BCUT2D eigenvalue weighted by Gasteiger charge is -2.30. The Labute approximate surface area is 166 Å². The number of benzene rings is 1. The van der Waals surface area contributed by atoms with Crippen LogP contribution < -0.4 is 10.1 Å². The van der Waals surface area contributed by atoms with Gasteiger partial charge in [0.15, 0.2) is 0 Å². The van der Waals surface area contributed by atoms with E-state index in [1.54, 1.807) is 7.11 Å². The van der Waals surface area contributed by atoms with Gasteiger partial charge in [0.2, 0.25) is 17.6 Å². The minimum Gasteiger partial charge on any atom is -0.497 e. The molecule has 0 radical (unpaired) electrons. The van der Waals surface area contributed by atoms with Crippen LogP contribution in [0.3, 0.4) is 0 Å². The number of rotatable bonds is 9. The Balaban J connectivity index is 1.44. The summed E-state index contributed by atoms with van der Waals surface area (Å²) >= 11 is 0. The highest BCUT2D eigenvalue weighted by Gasteiger charge is 2.25. The van der Waals surface area contributed by atoms with Crippen molar-refractivity contribution in [1.29, 1.82) is 0 Å². The fraction of sp³-hybridized carbons (Fsp3) is 0.571. The number of carbonyl (C=O) groups is 1. The summed E-state index contributed by atoms with van der Waals surface area (Å²) in [6.45, 7) is 5.32. The normalized spacial score (nSPS) is 15.5. The van der Waals surface area contributed by atoms with Gasteiger partial charge in [-0.05, 0) is 56.6 Å². The average Bonchev–Trinajstić information content (AvgIpc) is 3.20. The SMILES string of the molecule is CCCCCNC(=O)C1CCN(Cc2nc(-c3ccc(OC)cc3)no2)CC1. The number of amides is 1. The highest BCUT2D eigenvalue weighted by atomic mass is 16.5. The molecule has 0 atom stereocenters. The molecule has 7 heteroatoms. The lowest BCUT2D eigenvalue weighted by molar-refractivity contribution is -0.126. The van der Waals surface area contributed by atoms with E-state index in [-0.39, 0.29) is 11.8 Å². The third kappa shape index (κ3) is 5.55. The number of likely N-dealkylation sites (tertiary alicyclic amines) is 1. The first kappa shape index (κ1) is 20.3. The van der Waals surface area contributed by atoms with Crippen LogP contribution in [-0.4, -0.2) is 47.7 Å². The Bertz CT molecular complexity index is 736. The number of aromatic nitrogens is 2. The van der Waals surface area contributed by atoms with Gasteiger partial charge in [-0.25, -0.2) is 0 Å². The molecule has 1 aromatic heterocycles. The predicted octanol–water partition coefficient (Wildman–Crippen LogP) is 3.26. The molecule has 7 nitrogen and oxygen atoms in total. The van der Waals surface area contributed by atoms with E-state index in [1.165, 1.54) is 12.8 Å². The first-order valence-corrected chi connectivity index (χ1v) is 10.2. The molecule has 1 aromatic carbocycles. The zero-order valence-corrected chi connectivity index (χ0v) is 16.8. The number of methoxy groups -OCH3 is 1. The van der Waals surface area contributed by atoms with E-state index in [1.807, 2.05) is 24.3 Å². The summed E-state index contributed by atoms with van der Waals surface area (Å²) < 4.78 is 10.6. The Morgan fingerprint density at radius 3 is 2.68 bits per heavy atom. The van der Waals surface area contributed by atoms with Gasteiger partial charge in [-0.3, -0.25) is 9.69 Å². The third-order valence-electron chi connectivity index (χ3n) is 5.21. The van der Waals surface area contributed by atoms with Gasteiger partial charge >= 0.3 is 0 Å². The third-order valence-corrected chi connectivity index (χ3v) is 5.21. The summed E-state index contributed by atoms with van der Waals surface area (Å²) in [6.07, 6.45) is 5.15. The van der Waals surface area contributed by atoms with Gasteiger partial charge in [0, 0.05) is 18.0 Å². The van der Waals surface area contributed by atoms with Crippen LogP contribution in [0.4, 0.5) is 0 Å². The monoisotopic (exact) mass is 386 g/mol. The number of ether oxygens (including phenoxy) is 1. The largest absolute Gasteiger partial charge is 0.497 e. The van der Waals surface area contributed by atoms with Crippen LogP contribution in [0.15, 0.2) is 28.8 Å². The molecule has 0 unspecified atom stereocenters. The number of carbonyl (C=O) groups excluding carboxylic acids is 1. The number of hydrogen-bond donors (Lipinski definition) is 1. The molecular formula is C21H30N4O3. The second kappa shape index (κ2) is 10.2. The molecule has 3 rings (SSSR count). The van der Waals surface area contributed by atoms with Crippen LogP contribution in [0.25, 0.3) is 11.4 Å². The molecule has 28 heavy (non-hydrogen) atoms. The second-order valence-corrected chi connectivity index (χ2v) is 7.29. The van der Waals surface area contributed by atoms with Gasteiger partial charge in [0.25, 0.3) is 0 Å². The predicted molar refractivity (Wildman–Crippen MR) is 107 cm³/mol. The minimum absolute atomic E-state index is 0.121. The van der Waals surface area contributed by atoms with E-state index in [0.29, 0.717) is 18.3 Å². The molecule has 1 aliphatic heterocycles. The van der Waals surface area contributed by atoms with E-state index >= 15 is 0 Å². The highest BCUT2D eigenvalue weighted by molar-refractivity contribution is 5.78. The van der Waals surface area contributed by atoms with Crippen LogP contribution in [0, 0.1) is 5.92 Å². The average molecular weight is 386 g/mol. The minimum atomic E-state index is 0.121. The molecular weight excluding hydrogens is 356 g/mol. The van der Waals surface area contributed by atoms with Crippen LogP contribution in [0.5, 0.6) is 5.75 Å². The van der Waals surface area contributed by atoms with E-state index in [0.717, 1.165) is 50.2 Å². The van der Waals surface area contributed by atoms with Crippen molar-refractivity contribution >= 4 is 5.91 Å². The molecule has 0 aliphatic carbocycles. The summed E-state index contributed by atoms with van der Waals surface area (Å²) in [5.74, 6) is 2.31. The first-order valence-electron chi connectivity index (χ1n) is 10.2. The molecule has 1 saturated heterocycles. The molecule has 2 aromatic rings. The van der Waals surface area contributed by atoms with E-state index in [9.17, 15) is 4.79 Å². The number of piperidine rings is 1. The molecule has 1 aliphatic rings. The van der Waals surface area contributed by atoms with Crippen LogP contribution >= 0.6 is 0 Å². The fourth-order valence-corrected chi connectivity index (χ4v) is 3.45. The van der Waals surface area contributed by atoms with E-state index in [4.69, 9.17) is 9.26 Å². The smallest absolute Gasteiger partial charge is 0.241 e. The van der Waals surface area contributed by atoms with Crippen molar-refractivity contribution in [3.05, 3.63) is 30.2 Å². The van der Waals surface area contributed by atoms with Gasteiger partial charge in [-0.15, -0.1) is 0 Å². The maximum Gasteiger partial charge on any atom is 0.241 e. The van der Waals surface area contributed by atoms with Crippen LogP contribution in [0.2, 0.25) is 0 Å². The Kier molecular flexibility index (Phi) is 7.42. The lowest BCUT2D eigenvalue weighted by Crippen LogP contribution is -2.40. The highest BCUT2D eigenvalue weighted by Crippen LogP contribution is 2.22. The molecule has 2 heterocycles. The fourth-order valence-electron chi connectivity index (χ4n) is 3.45. The molecule has 1 amide bonds. The summed E-state index contributed by atoms with van der Waals surface area (Å²) in [5, 5.41) is 7.16. The van der Waals surface area contributed by atoms with Crippen molar-refractivity contribution in [1.82, 2.24) is 20.4 Å². The van der Waals surface area contributed by atoms with Crippen molar-refractivity contribution in [3.8, 4) is 17.1 Å². The number of nitrogens with zero attached hydrogens (tertiary/aromatic N) is 3. The number of nitrogens with one attached hydrogen (secondary N) is 1. The lowest BCUT2D eigenvalue weighted by atomic mass is 9.96. The maximum absolute atomic E-state index is 12.3. The second-order valence-electron chi connectivity index (χ2n) is 7.29. The van der Waals surface area contributed by atoms with Crippen LogP contribution in [0.1, 0.15) is 44.9 Å². The quantitative estimate of drug-likeness (QED) is 0.666. The Morgan fingerprint density at radius 1 is 1.25 bits per heavy atom. The maximum atomic E-state index is 12.3. The summed E-state index contributed by atoms with van der Waals surface area (Å²) in [7, 11) is 1.64. The van der Waals surface area contributed by atoms with Crippen molar-refractivity contribution < 1.29 is 14.1 Å². The van der Waals surface area contributed by atoms with Gasteiger partial charge in [-0.2, -0.15) is 4.98 Å². The van der Waals surface area contributed by atoms with Gasteiger partial charge in [0.1, 0.15) is 5.75 Å². The Hall–Kier alpha value is -2.41. The zero-order valence-electron chi connectivity index (χ0n) is 16.8. The number of hydrogen-bond acceptors (Lipinski definition) is 6. The number of unbranched alkanes of at least 4 members (excludes halogenated alkanes) is 2. The van der Waals surface area contributed by atoms with Gasteiger partial charge < -0.3 is 14.6 Å². The van der Waals surface area contributed by atoms with E-state index < -0.39 is 0 Å². The molecule has 0 spiro atoms. The first-order chi connectivity index (χ1) is 13.7. The summed E-state index contributed by atoms with van der Waals surface area (Å²) in [4.78, 5) is 19.0. The molecule has 0 bridgehead atoms. The summed E-state index contributed by atoms with van der Waals surface area (Å²) in [5.41, 5.74) is 0.897. The van der Waals surface area contributed by atoms with Crippen molar-refractivity contribution in [2.75, 3.05) is 26.7 Å². The van der Waals surface area contributed by atoms with Crippen LogP contribution in [-0.2, 0) is 11.3 Å². The van der Waals surface area contributed by atoms with Crippen molar-refractivity contribution in [2.45, 2.75) is 45.6 Å². The van der Waals surface area contributed by atoms with E-state index in [2.05, 4.69) is 27.3 Å². The zero-order chi connectivity index (χ0) is 19.8. The molecule has 152 valence electrons. The van der Waals surface area contributed by atoms with Gasteiger partial charge in [0.05, 0.1) is 13.7 Å². The molecule has 0 saturated carbocycles. The summed E-state index contributed by atoms with van der Waals surface area (Å²) in [6, 6.07) is 7.59. The van der Waals surface area contributed by atoms with Crippen molar-refractivity contribution in [2.24, 2.45) is 5.92 Å².